The van der Waals surface area contributed by atoms with E-state index in [9.17, 15) is 0 Å². The van der Waals surface area contributed by atoms with E-state index < -0.39 is 0 Å². The molecule has 0 fully saturated rings. The number of benzene rings is 9. The lowest BCUT2D eigenvalue weighted by Crippen LogP contribution is -2.11. The highest BCUT2D eigenvalue weighted by molar-refractivity contribution is 6.18. The monoisotopic (exact) mass is 715 g/mol. The minimum atomic E-state index is 0.857. The van der Waals surface area contributed by atoms with Crippen LogP contribution in [0.5, 0.6) is 0 Å². The molecular weight excluding hydrogens is 683 g/mol. The molecule has 0 unspecified atom stereocenters. The van der Waals surface area contributed by atoms with Crippen molar-refractivity contribution in [1.29, 1.82) is 0 Å². The summed E-state index contributed by atoms with van der Waals surface area (Å²) in [5.74, 6) is 0. The molecule has 4 heteroatoms. The second kappa shape index (κ2) is 12.0. The van der Waals surface area contributed by atoms with Gasteiger partial charge in [0.05, 0.1) is 33.4 Å². The third-order valence-corrected chi connectivity index (χ3v) is 11.5. The highest BCUT2D eigenvalue weighted by atomic mass is 16.3. The first-order chi connectivity index (χ1) is 27.8. The lowest BCUT2D eigenvalue weighted by Gasteiger charge is -2.27. The summed E-state index contributed by atoms with van der Waals surface area (Å²) in [6, 6.07) is 71.9. The van der Waals surface area contributed by atoms with E-state index in [0.717, 1.165) is 61.4 Å². The predicted molar refractivity (Wildman–Crippen MR) is 235 cm³/mol. The van der Waals surface area contributed by atoms with E-state index in [1.165, 1.54) is 43.4 Å². The van der Waals surface area contributed by atoms with E-state index in [-0.39, 0.29) is 0 Å². The Kier molecular flexibility index (Phi) is 6.60. The minimum Gasteiger partial charge on any atom is -0.454 e. The first-order valence-electron chi connectivity index (χ1n) is 19.1. The Morgan fingerprint density at radius 2 is 0.929 bits per heavy atom. The van der Waals surface area contributed by atoms with E-state index in [1.54, 1.807) is 0 Å². The molecule has 0 bridgehead atoms. The summed E-state index contributed by atoms with van der Waals surface area (Å²) in [5.41, 5.74) is 11.8. The number of hydrogen-bond donors (Lipinski definition) is 0. The molecule has 3 aromatic heterocycles. The minimum absolute atomic E-state index is 0.857. The summed E-state index contributed by atoms with van der Waals surface area (Å²) in [6.45, 7) is 0. The summed E-state index contributed by atoms with van der Waals surface area (Å²) in [5, 5.41) is 9.55. The molecule has 12 rings (SSSR count). The average Bonchev–Trinajstić information content (AvgIpc) is 3.92. The van der Waals surface area contributed by atoms with Gasteiger partial charge in [0, 0.05) is 49.4 Å². The van der Waals surface area contributed by atoms with Crippen molar-refractivity contribution in [3.05, 3.63) is 200 Å². The summed E-state index contributed by atoms with van der Waals surface area (Å²) in [7, 11) is 0. The summed E-state index contributed by atoms with van der Waals surface area (Å²) in [6.07, 6.45) is 0. The Bertz CT molecular complexity index is 3480. The van der Waals surface area contributed by atoms with Crippen molar-refractivity contribution in [2.24, 2.45) is 0 Å². The molecule has 0 amide bonds. The molecule has 3 heterocycles. The Morgan fingerprint density at radius 3 is 1.75 bits per heavy atom. The van der Waals surface area contributed by atoms with Crippen molar-refractivity contribution in [3.63, 3.8) is 0 Å². The van der Waals surface area contributed by atoms with E-state index >= 15 is 0 Å². The van der Waals surface area contributed by atoms with Gasteiger partial charge in [0.15, 0.2) is 5.58 Å². The third kappa shape index (κ3) is 4.47. The van der Waals surface area contributed by atoms with Crippen LogP contribution in [0.3, 0.4) is 0 Å². The number of rotatable bonds is 5. The van der Waals surface area contributed by atoms with Gasteiger partial charge in [-0.05, 0) is 95.7 Å². The number of nitrogens with zero attached hydrogens (tertiary/aromatic N) is 3. The van der Waals surface area contributed by atoms with Gasteiger partial charge in [-0.25, -0.2) is 0 Å². The van der Waals surface area contributed by atoms with Crippen LogP contribution in [0.25, 0.3) is 87.7 Å². The largest absolute Gasteiger partial charge is 0.454 e. The fraction of sp³-hybridized carbons (Fsp3) is 0. The maximum absolute atomic E-state index is 6.74. The van der Waals surface area contributed by atoms with Crippen molar-refractivity contribution in [3.8, 4) is 11.4 Å². The summed E-state index contributed by atoms with van der Waals surface area (Å²) < 4.78 is 11.5. The SMILES string of the molecule is c1ccc(-n2c3ccccc3c3c(N(c4ccc(-n5c6ccccc6c6cc7ccccc7cc65)cc4)c4cccc5c4oc4ccccc45)cccc32)cc1. The number of fused-ring (bicyclic) bond motifs is 10. The molecule has 12 aromatic rings. The van der Waals surface area contributed by atoms with Crippen molar-refractivity contribution < 1.29 is 4.42 Å². The molecule has 0 radical (unpaired) electrons. The summed E-state index contributed by atoms with van der Waals surface area (Å²) >= 11 is 0. The second-order valence-electron chi connectivity index (χ2n) is 14.5. The standard InChI is InChI=1S/C52H33N3O/c1-2-16-36(17-3-1)53-45-23-10-7-20-42(45)51-46(53)24-13-25-47(51)55(48-26-12-21-41-40-19-8-11-27-50(40)56-52(41)48)38-30-28-37(29-31-38)54-44-22-9-6-18-39(44)43-32-34-14-4-5-15-35(34)33-49(43)54/h1-33H. The van der Waals surface area contributed by atoms with Crippen molar-refractivity contribution in [2.75, 3.05) is 4.90 Å². The molecule has 0 aliphatic heterocycles. The Balaban J connectivity index is 1.12. The number of hydrogen-bond acceptors (Lipinski definition) is 2. The molecule has 0 N–H and O–H groups in total. The van der Waals surface area contributed by atoms with Crippen LogP contribution >= 0.6 is 0 Å². The van der Waals surface area contributed by atoms with Gasteiger partial charge in [-0.1, -0.05) is 115 Å². The van der Waals surface area contributed by atoms with Crippen LogP contribution in [0.1, 0.15) is 0 Å². The van der Waals surface area contributed by atoms with E-state index in [0.29, 0.717) is 0 Å². The first kappa shape index (κ1) is 30.9. The van der Waals surface area contributed by atoms with Gasteiger partial charge in [0.25, 0.3) is 0 Å². The van der Waals surface area contributed by atoms with Gasteiger partial charge in [-0.15, -0.1) is 0 Å². The lowest BCUT2D eigenvalue weighted by molar-refractivity contribution is 0.669. The zero-order chi connectivity index (χ0) is 36.7. The highest BCUT2D eigenvalue weighted by Gasteiger charge is 2.24. The van der Waals surface area contributed by atoms with Crippen LogP contribution < -0.4 is 4.90 Å². The molecule has 0 saturated carbocycles. The normalized spacial score (nSPS) is 11.9. The van der Waals surface area contributed by atoms with Crippen molar-refractivity contribution in [1.82, 2.24) is 9.13 Å². The van der Waals surface area contributed by atoms with Gasteiger partial charge in [0.1, 0.15) is 5.58 Å². The van der Waals surface area contributed by atoms with E-state index in [4.69, 9.17) is 4.42 Å². The fourth-order valence-electron chi connectivity index (χ4n) is 9.04. The molecule has 9 aromatic carbocycles. The van der Waals surface area contributed by atoms with Gasteiger partial charge in [-0.2, -0.15) is 0 Å². The summed E-state index contributed by atoms with van der Waals surface area (Å²) in [4.78, 5) is 2.39. The zero-order valence-corrected chi connectivity index (χ0v) is 30.3. The van der Waals surface area contributed by atoms with E-state index in [2.05, 4.69) is 208 Å². The van der Waals surface area contributed by atoms with Gasteiger partial charge in [-0.3, -0.25) is 0 Å². The second-order valence-corrected chi connectivity index (χ2v) is 14.5. The van der Waals surface area contributed by atoms with Crippen LogP contribution in [-0.4, -0.2) is 9.13 Å². The van der Waals surface area contributed by atoms with Crippen molar-refractivity contribution >= 4 is 93.4 Å². The van der Waals surface area contributed by atoms with Crippen LogP contribution in [0.2, 0.25) is 0 Å². The Hall–Kier alpha value is -7.56. The third-order valence-electron chi connectivity index (χ3n) is 11.5. The van der Waals surface area contributed by atoms with Gasteiger partial charge >= 0.3 is 0 Å². The predicted octanol–water partition coefficient (Wildman–Crippen LogP) is 14.4. The van der Waals surface area contributed by atoms with Crippen LogP contribution in [-0.2, 0) is 0 Å². The lowest BCUT2D eigenvalue weighted by atomic mass is 10.1. The molecule has 4 nitrogen and oxygen atoms in total. The molecular formula is C52H33N3O. The molecule has 262 valence electrons. The maximum atomic E-state index is 6.74. The maximum Gasteiger partial charge on any atom is 0.159 e. The van der Waals surface area contributed by atoms with Crippen LogP contribution in [0.15, 0.2) is 205 Å². The molecule has 0 atom stereocenters. The van der Waals surface area contributed by atoms with Crippen molar-refractivity contribution in [2.45, 2.75) is 0 Å². The quantitative estimate of drug-likeness (QED) is 0.177. The van der Waals surface area contributed by atoms with Crippen LogP contribution in [0, 0.1) is 0 Å². The molecule has 0 spiro atoms. The fourth-order valence-corrected chi connectivity index (χ4v) is 9.04. The number of aromatic nitrogens is 2. The van der Waals surface area contributed by atoms with Crippen LogP contribution in [0.4, 0.5) is 17.1 Å². The zero-order valence-electron chi connectivity index (χ0n) is 30.3. The van der Waals surface area contributed by atoms with E-state index in [1.807, 2.05) is 6.07 Å². The number of furan rings is 1. The average molecular weight is 716 g/mol. The Labute approximate surface area is 322 Å². The van der Waals surface area contributed by atoms with Gasteiger partial charge in [0.2, 0.25) is 0 Å². The molecule has 0 aliphatic carbocycles. The molecule has 0 aliphatic rings. The Morgan fingerprint density at radius 1 is 0.357 bits per heavy atom. The topological polar surface area (TPSA) is 26.2 Å². The first-order valence-corrected chi connectivity index (χ1v) is 19.1. The number of para-hydroxylation sites is 5. The number of anilines is 3. The van der Waals surface area contributed by atoms with Gasteiger partial charge < -0.3 is 18.5 Å². The highest BCUT2D eigenvalue weighted by Crippen LogP contribution is 2.47. The smallest absolute Gasteiger partial charge is 0.159 e. The molecule has 56 heavy (non-hydrogen) atoms. The molecule has 0 saturated heterocycles.